The molecular weight excluding hydrogens is 400 g/mol. The number of carbonyl (C=O) groups is 2. The van der Waals surface area contributed by atoms with E-state index in [-0.39, 0.29) is 11.7 Å². The summed E-state index contributed by atoms with van der Waals surface area (Å²) in [4.78, 5) is 28.0. The zero-order valence-corrected chi connectivity index (χ0v) is 16.5. The van der Waals surface area contributed by atoms with Crippen LogP contribution >= 0.6 is 23.4 Å². The largest absolute Gasteiger partial charge is 0.302 e. The van der Waals surface area contributed by atoms with Crippen LogP contribution < -0.4 is 10.9 Å². The molecule has 0 fully saturated rings. The van der Waals surface area contributed by atoms with Gasteiger partial charge in [0.15, 0.2) is 11.0 Å². The zero-order chi connectivity index (χ0) is 19.9. The van der Waals surface area contributed by atoms with Crippen LogP contribution in [-0.4, -0.2) is 37.3 Å². The van der Waals surface area contributed by atoms with Crippen LogP contribution in [0.15, 0.2) is 53.9 Å². The van der Waals surface area contributed by atoms with E-state index in [1.807, 2.05) is 23.6 Å². The molecule has 0 aliphatic heterocycles. The van der Waals surface area contributed by atoms with Crippen LogP contribution in [0.5, 0.6) is 0 Å². The van der Waals surface area contributed by atoms with Crippen molar-refractivity contribution in [3.63, 3.8) is 0 Å². The first-order valence-corrected chi connectivity index (χ1v) is 9.76. The number of amides is 2. The van der Waals surface area contributed by atoms with E-state index < -0.39 is 5.91 Å². The first kappa shape index (κ1) is 19.8. The molecule has 2 heterocycles. The lowest BCUT2D eigenvalue weighted by Crippen LogP contribution is -2.42. The second-order valence-corrected chi connectivity index (χ2v) is 6.96. The van der Waals surface area contributed by atoms with E-state index in [2.05, 4.69) is 26.0 Å². The van der Waals surface area contributed by atoms with Gasteiger partial charge in [0.25, 0.3) is 5.91 Å². The van der Waals surface area contributed by atoms with E-state index in [0.717, 1.165) is 5.56 Å². The molecule has 2 N–H and O–H groups in total. The van der Waals surface area contributed by atoms with Gasteiger partial charge in [-0.3, -0.25) is 25.4 Å². The van der Waals surface area contributed by atoms with E-state index in [0.29, 0.717) is 28.1 Å². The van der Waals surface area contributed by atoms with Gasteiger partial charge in [-0.1, -0.05) is 23.4 Å². The van der Waals surface area contributed by atoms with E-state index in [4.69, 9.17) is 11.6 Å². The van der Waals surface area contributed by atoms with Crippen LogP contribution in [-0.2, 0) is 11.3 Å². The molecule has 0 radical (unpaired) electrons. The number of pyridine rings is 1. The second-order valence-electron chi connectivity index (χ2n) is 5.58. The van der Waals surface area contributed by atoms with Crippen LogP contribution in [0.1, 0.15) is 17.3 Å². The predicted molar refractivity (Wildman–Crippen MR) is 107 cm³/mol. The highest BCUT2D eigenvalue weighted by atomic mass is 35.5. The number of aromatic nitrogens is 4. The molecule has 0 saturated carbocycles. The number of hydrogen-bond donors (Lipinski definition) is 2. The minimum absolute atomic E-state index is 0.0787. The van der Waals surface area contributed by atoms with Gasteiger partial charge in [-0.05, 0) is 43.3 Å². The molecule has 0 saturated heterocycles. The van der Waals surface area contributed by atoms with Crippen molar-refractivity contribution in [1.29, 1.82) is 0 Å². The summed E-state index contributed by atoms with van der Waals surface area (Å²) in [5.41, 5.74) is 6.05. The van der Waals surface area contributed by atoms with E-state index in [1.165, 1.54) is 11.8 Å². The number of benzene rings is 1. The lowest BCUT2D eigenvalue weighted by Gasteiger charge is -2.08. The Bertz CT molecular complexity index is 962. The summed E-state index contributed by atoms with van der Waals surface area (Å²) in [7, 11) is 0. The molecule has 0 spiro atoms. The smallest absolute Gasteiger partial charge is 0.269 e. The predicted octanol–water partition coefficient (Wildman–Crippen LogP) is 2.57. The van der Waals surface area contributed by atoms with Crippen LogP contribution in [0.2, 0.25) is 5.02 Å². The molecule has 2 amide bonds. The fourth-order valence-electron chi connectivity index (χ4n) is 2.36. The minimum atomic E-state index is -0.424. The molecule has 0 bridgehead atoms. The van der Waals surface area contributed by atoms with Crippen molar-refractivity contribution in [2.45, 2.75) is 18.6 Å². The first-order chi connectivity index (χ1) is 13.6. The quantitative estimate of drug-likeness (QED) is 0.473. The number of nitrogens with zero attached hydrogens (tertiary/aromatic N) is 4. The maximum atomic E-state index is 12.0. The number of hydrazine groups is 1. The number of nitrogens with one attached hydrogen (secondary N) is 2. The summed E-state index contributed by atoms with van der Waals surface area (Å²) < 4.78 is 1.92. The Kier molecular flexibility index (Phi) is 6.62. The number of carbonyl (C=O) groups excluding carboxylic acids is 2. The summed E-state index contributed by atoms with van der Waals surface area (Å²) in [6.45, 7) is 2.63. The molecular formula is C18H17ClN6O2S. The SMILES string of the molecule is CCn1c(SCC(=O)NNC(=O)c2ccc(Cl)cc2)nnc1-c1ccncc1. The second kappa shape index (κ2) is 9.34. The fraction of sp³-hybridized carbons (Fsp3) is 0.167. The topological polar surface area (TPSA) is 102 Å². The summed E-state index contributed by atoms with van der Waals surface area (Å²) in [5, 5.41) is 9.52. The summed E-state index contributed by atoms with van der Waals surface area (Å²) in [5.74, 6) is 0.00837. The molecule has 1 aromatic carbocycles. The van der Waals surface area contributed by atoms with Gasteiger partial charge in [0.2, 0.25) is 5.91 Å². The number of rotatable bonds is 6. The molecule has 0 aliphatic carbocycles. The molecule has 0 unspecified atom stereocenters. The lowest BCUT2D eigenvalue weighted by atomic mass is 10.2. The van der Waals surface area contributed by atoms with Crippen molar-refractivity contribution >= 4 is 35.2 Å². The van der Waals surface area contributed by atoms with Crippen LogP contribution in [0, 0.1) is 0 Å². The zero-order valence-electron chi connectivity index (χ0n) is 14.9. The van der Waals surface area contributed by atoms with Gasteiger partial charge in [0.1, 0.15) is 0 Å². The van der Waals surface area contributed by atoms with Crippen LogP contribution in [0.4, 0.5) is 0 Å². The number of halogens is 1. The van der Waals surface area contributed by atoms with Gasteiger partial charge in [0.05, 0.1) is 5.75 Å². The van der Waals surface area contributed by atoms with Gasteiger partial charge in [-0.25, -0.2) is 0 Å². The Morgan fingerprint density at radius 2 is 1.79 bits per heavy atom. The highest BCUT2D eigenvalue weighted by Crippen LogP contribution is 2.23. The standard InChI is InChI=1S/C18H17ClN6O2S/c1-2-25-16(12-7-9-20-10-8-12)22-24-18(25)28-11-15(26)21-23-17(27)13-3-5-14(19)6-4-13/h3-10H,2,11H2,1H3,(H,21,26)(H,23,27). The van der Waals surface area contributed by atoms with E-state index >= 15 is 0 Å². The van der Waals surface area contributed by atoms with Crippen molar-refractivity contribution in [1.82, 2.24) is 30.6 Å². The fourth-order valence-corrected chi connectivity index (χ4v) is 3.29. The van der Waals surface area contributed by atoms with E-state index in [1.54, 1.807) is 36.7 Å². The van der Waals surface area contributed by atoms with Crippen molar-refractivity contribution in [2.24, 2.45) is 0 Å². The molecule has 0 atom stereocenters. The van der Waals surface area contributed by atoms with Crippen LogP contribution in [0.25, 0.3) is 11.4 Å². The molecule has 0 aliphatic rings. The lowest BCUT2D eigenvalue weighted by molar-refractivity contribution is -0.119. The third kappa shape index (κ3) is 4.87. The summed E-state index contributed by atoms with van der Waals surface area (Å²) >= 11 is 7.03. The molecule has 3 aromatic rings. The normalized spacial score (nSPS) is 10.5. The highest BCUT2D eigenvalue weighted by molar-refractivity contribution is 7.99. The van der Waals surface area contributed by atoms with Gasteiger partial charge in [-0.15, -0.1) is 10.2 Å². The molecule has 144 valence electrons. The summed E-state index contributed by atoms with van der Waals surface area (Å²) in [6, 6.07) is 10.1. The molecule has 8 nitrogen and oxygen atoms in total. The Balaban J connectivity index is 1.55. The highest BCUT2D eigenvalue weighted by Gasteiger charge is 2.15. The first-order valence-electron chi connectivity index (χ1n) is 8.39. The van der Waals surface area contributed by atoms with Crippen molar-refractivity contribution in [3.8, 4) is 11.4 Å². The number of hydrogen-bond acceptors (Lipinski definition) is 6. The third-order valence-corrected chi connectivity index (χ3v) is 4.94. The van der Waals surface area contributed by atoms with Gasteiger partial charge in [0, 0.05) is 35.1 Å². The van der Waals surface area contributed by atoms with Crippen molar-refractivity contribution < 1.29 is 9.59 Å². The van der Waals surface area contributed by atoms with E-state index in [9.17, 15) is 9.59 Å². The average molecular weight is 417 g/mol. The maximum Gasteiger partial charge on any atom is 0.269 e. The van der Waals surface area contributed by atoms with Crippen LogP contribution in [0.3, 0.4) is 0 Å². The van der Waals surface area contributed by atoms with Gasteiger partial charge in [-0.2, -0.15) is 0 Å². The summed E-state index contributed by atoms with van der Waals surface area (Å²) in [6.07, 6.45) is 3.38. The molecule has 10 heteroatoms. The number of thioether (sulfide) groups is 1. The molecule has 28 heavy (non-hydrogen) atoms. The van der Waals surface area contributed by atoms with Crippen molar-refractivity contribution in [2.75, 3.05) is 5.75 Å². The minimum Gasteiger partial charge on any atom is -0.302 e. The average Bonchev–Trinajstić information content (AvgIpc) is 3.14. The maximum absolute atomic E-state index is 12.0. The molecule has 2 aromatic heterocycles. The Labute approximate surface area is 170 Å². The Morgan fingerprint density at radius 3 is 2.46 bits per heavy atom. The van der Waals surface area contributed by atoms with Gasteiger partial charge >= 0.3 is 0 Å². The Morgan fingerprint density at radius 1 is 1.07 bits per heavy atom. The van der Waals surface area contributed by atoms with Gasteiger partial charge < -0.3 is 4.57 Å². The monoisotopic (exact) mass is 416 g/mol. The third-order valence-electron chi connectivity index (χ3n) is 3.73. The molecule has 3 rings (SSSR count). The van der Waals surface area contributed by atoms with Crippen molar-refractivity contribution in [3.05, 3.63) is 59.4 Å². The Hall–Kier alpha value is -2.91.